The fourth-order valence-corrected chi connectivity index (χ4v) is 6.82. The molecule has 0 unspecified atom stereocenters. The molecule has 2 aromatic heterocycles. The fourth-order valence-electron chi connectivity index (χ4n) is 4.19. The van der Waals surface area contributed by atoms with Gasteiger partial charge in [0.25, 0.3) is 0 Å². The summed E-state index contributed by atoms with van der Waals surface area (Å²) in [5.41, 5.74) is 1.47. The summed E-state index contributed by atoms with van der Waals surface area (Å²) in [6.45, 7) is 4.48. The third-order valence-corrected chi connectivity index (χ3v) is 9.39. The Morgan fingerprint density at radius 3 is 2.64 bits per heavy atom. The summed E-state index contributed by atoms with van der Waals surface area (Å²) in [4.78, 5) is 13.8. The number of nitrogens with one attached hydrogen (secondary N) is 1. The van der Waals surface area contributed by atoms with Gasteiger partial charge in [0.2, 0.25) is 15.9 Å². The second kappa shape index (κ2) is 11.0. The van der Waals surface area contributed by atoms with Crippen molar-refractivity contribution in [2.24, 2.45) is 5.92 Å². The molecular weight excluding hydrogens is 508 g/mol. The van der Waals surface area contributed by atoms with Gasteiger partial charge >= 0.3 is 0 Å². The Hall–Kier alpha value is -2.89. The summed E-state index contributed by atoms with van der Waals surface area (Å²) in [7, 11) is -3.96. The van der Waals surface area contributed by atoms with Crippen LogP contribution in [0, 0.1) is 31.4 Å². The molecule has 1 amide bonds. The predicted molar refractivity (Wildman–Crippen MR) is 134 cm³/mol. The van der Waals surface area contributed by atoms with Gasteiger partial charge in [-0.05, 0) is 74.4 Å². The lowest BCUT2D eigenvalue weighted by Crippen LogP contribution is -2.43. The van der Waals surface area contributed by atoms with Crippen LogP contribution in [0.1, 0.15) is 40.3 Å². The van der Waals surface area contributed by atoms with Crippen LogP contribution < -0.4 is 5.32 Å². The van der Waals surface area contributed by atoms with E-state index in [4.69, 9.17) is 4.52 Å². The fraction of sp³-hybridized carbons (Fsp3) is 0.360. The van der Waals surface area contributed by atoms with Crippen molar-refractivity contribution in [2.45, 2.75) is 38.0 Å². The summed E-state index contributed by atoms with van der Waals surface area (Å²) >= 11 is 1.67. The lowest BCUT2D eigenvalue weighted by Gasteiger charge is -2.30. The molecule has 0 aliphatic carbocycles. The van der Waals surface area contributed by atoms with Gasteiger partial charge in [0, 0.05) is 42.1 Å². The molecule has 1 aromatic carbocycles. The lowest BCUT2D eigenvalue weighted by molar-refractivity contribution is -0.126. The van der Waals surface area contributed by atoms with E-state index in [0.717, 1.165) is 18.6 Å². The molecule has 0 spiro atoms. The first kappa shape index (κ1) is 26.2. The van der Waals surface area contributed by atoms with Crippen LogP contribution in [0.2, 0.25) is 0 Å². The molecule has 3 aromatic rings. The Bertz CT molecular complexity index is 1370. The molecule has 0 saturated carbocycles. The first-order chi connectivity index (χ1) is 17.2. The van der Waals surface area contributed by atoms with Crippen LogP contribution in [-0.2, 0) is 21.2 Å². The number of carbonyl (C=O) groups excluding carboxylic acids is 1. The molecular formula is C25H27F2N3O4S2. The average Bonchev–Trinajstić information content (AvgIpc) is 3.43. The summed E-state index contributed by atoms with van der Waals surface area (Å²) in [5.74, 6) is -1.85. The van der Waals surface area contributed by atoms with E-state index in [9.17, 15) is 22.0 Å². The van der Waals surface area contributed by atoms with Crippen molar-refractivity contribution in [2.75, 3.05) is 19.6 Å². The highest BCUT2D eigenvalue weighted by molar-refractivity contribution is 7.89. The van der Waals surface area contributed by atoms with Crippen molar-refractivity contribution >= 4 is 39.4 Å². The molecule has 1 N–H and O–H groups in total. The Balaban J connectivity index is 1.39. The molecule has 1 aliphatic heterocycles. The van der Waals surface area contributed by atoms with E-state index in [1.54, 1.807) is 11.3 Å². The number of benzene rings is 1. The number of halogens is 2. The number of hydrogen-bond donors (Lipinski definition) is 1. The zero-order chi connectivity index (χ0) is 25.9. The topological polar surface area (TPSA) is 92.5 Å². The number of aryl methyl sites for hydroxylation is 2. The van der Waals surface area contributed by atoms with Crippen LogP contribution in [0.3, 0.4) is 0 Å². The van der Waals surface area contributed by atoms with Gasteiger partial charge in [-0.25, -0.2) is 17.2 Å². The molecule has 1 saturated heterocycles. The standard InChI is InChI=1S/C25H27F2N3O4S2/c1-16-10-14-35-23(16)7-11-28-25(31)19-8-12-30(13-9-19)36(32,33)24-17(2)29-34-22(24)6-4-18-3-5-20(26)15-21(18)27/h3-6,10,14-15,19H,7-9,11-13H2,1-2H3,(H,28,31)/b6-4+. The molecule has 7 nitrogen and oxygen atoms in total. The summed E-state index contributed by atoms with van der Waals surface area (Å²) in [5, 5.41) is 8.78. The van der Waals surface area contributed by atoms with E-state index in [0.29, 0.717) is 19.4 Å². The number of piperidine rings is 1. The summed E-state index contributed by atoms with van der Waals surface area (Å²) < 4.78 is 60.4. The zero-order valence-corrected chi connectivity index (χ0v) is 21.6. The number of nitrogens with zero attached hydrogens (tertiary/aromatic N) is 2. The van der Waals surface area contributed by atoms with Crippen LogP contribution >= 0.6 is 11.3 Å². The molecule has 4 rings (SSSR count). The van der Waals surface area contributed by atoms with E-state index in [2.05, 4.69) is 16.5 Å². The normalized spacial score (nSPS) is 15.6. The molecule has 0 radical (unpaired) electrons. The van der Waals surface area contributed by atoms with Crippen molar-refractivity contribution in [3.05, 3.63) is 68.7 Å². The van der Waals surface area contributed by atoms with Gasteiger partial charge in [0.05, 0.1) is 0 Å². The van der Waals surface area contributed by atoms with Gasteiger partial charge in [-0.2, -0.15) is 4.31 Å². The van der Waals surface area contributed by atoms with Gasteiger partial charge in [-0.1, -0.05) is 5.16 Å². The number of thiophene rings is 1. The van der Waals surface area contributed by atoms with E-state index in [-0.39, 0.29) is 46.8 Å². The van der Waals surface area contributed by atoms with E-state index < -0.39 is 21.7 Å². The minimum Gasteiger partial charge on any atom is -0.355 e. The lowest BCUT2D eigenvalue weighted by atomic mass is 9.97. The summed E-state index contributed by atoms with van der Waals surface area (Å²) in [6.07, 6.45) is 4.19. The van der Waals surface area contributed by atoms with Crippen molar-refractivity contribution in [1.82, 2.24) is 14.8 Å². The van der Waals surface area contributed by atoms with E-state index in [1.807, 2.05) is 12.3 Å². The third-order valence-electron chi connectivity index (χ3n) is 6.25. The smallest absolute Gasteiger partial charge is 0.248 e. The number of carbonyl (C=O) groups is 1. The van der Waals surface area contributed by atoms with Crippen LogP contribution in [0.5, 0.6) is 0 Å². The third kappa shape index (κ3) is 5.74. The quantitative estimate of drug-likeness (QED) is 0.457. The van der Waals surface area contributed by atoms with E-state index in [1.165, 1.54) is 39.9 Å². The SMILES string of the molecule is Cc1ccsc1CCNC(=O)C1CCN(S(=O)(=O)c2c(C)noc2/C=C/c2ccc(F)cc2F)CC1. The van der Waals surface area contributed by atoms with Crippen molar-refractivity contribution in [3.8, 4) is 0 Å². The first-order valence-electron chi connectivity index (χ1n) is 11.6. The second-order valence-corrected chi connectivity index (χ2v) is 11.6. The number of amides is 1. The van der Waals surface area contributed by atoms with Gasteiger partial charge in [0.1, 0.15) is 17.3 Å². The molecule has 192 valence electrons. The maximum atomic E-state index is 14.0. The van der Waals surface area contributed by atoms with Crippen LogP contribution in [-0.4, -0.2) is 43.4 Å². The Labute approximate surface area is 212 Å². The highest BCUT2D eigenvalue weighted by atomic mass is 32.2. The highest BCUT2D eigenvalue weighted by Gasteiger charge is 2.35. The minimum absolute atomic E-state index is 0.0417. The van der Waals surface area contributed by atoms with Crippen LogP contribution in [0.15, 0.2) is 39.1 Å². The first-order valence-corrected chi connectivity index (χ1v) is 13.9. The number of rotatable bonds is 8. The number of hydrogen-bond acceptors (Lipinski definition) is 6. The minimum atomic E-state index is -3.96. The second-order valence-electron chi connectivity index (χ2n) is 8.71. The largest absolute Gasteiger partial charge is 0.355 e. The van der Waals surface area contributed by atoms with Gasteiger partial charge < -0.3 is 9.84 Å². The van der Waals surface area contributed by atoms with Gasteiger partial charge in [-0.15, -0.1) is 11.3 Å². The molecule has 1 fully saturated rings. The number of aromatic nitrogens is 1. The highest BCUT2D eigenvalue weighted by Crippen LogP contribution is 2.29. The Kier molecular flexibility index (Phi) is 8.01. The van der Waals surface area contributed by atoms with Gasteiger partial charge in [0.15, 0.2) is 10.7 Å². The number of sulfonamides is 1. The average molecular weight is 536 g/mol. The van der Waals surface area contributed by atoms with Crippen LogP contribution in [0.25, 0.3) is 12.2 Å². The molecule has 36 heavy (non-hydrogen) atoms. The molecule has 3 heterocycles. The maximum Gasteiger partial charge on any atom is 0.248 e. The summed E-state index contributed by atoms with van der Waals surface area (Å²) in [6, 6.07) is 5.15. The Morgan fingerprint density at radius 1 is 1.22 bits per heavy atom. The van der Waals surface area contributed by atoms with Crippen molar-refractivity contribution in [1.29, 1.82) is 0 Å². The molecule has 0 atom stereocenters. The monoisotopic (exact) mass is 535 g/mol. The molecule has 1 aliphatic rings. The molecule has 0 bridgehead atoms. The van der Waals surface area contributed by atoms with Crippen molar-refractivity contribution < 1.29 is 26.5 Å². The van der Waals surface area contributed by atoms with E-state index >= 15 is 0 Å². The van der Waals surface area contributed by atoms with Crippen LogP contribution in [0.4, 0.5) is 8.78 Å². The zero-order valence-electron chi connectivity index (χ0n) is 20.0. The Morgan fingerprint density at radius 2 is 1.97 bits per heavy atom. The predicted octanol–water partition coefficient (Wildman–Crippen LogP) is 4.56. The molecule has 11 heteroatoms. The van der Waals surface area contributed by atoms with Crippen molar-refractivity contribution in [3.63, 3.8) is 0 Å². The maximum absolute atomic E-state index is 14.0. The van der Waals surface area contributed by atoms with Gasteiger partial charge in [-0.3, -0.25) is 4.79 Å².